The molecule has 1 aromatic rings. The van der Waals surface area contributed by atoms with E-state index in [-0.39, 0.29) is 30.8 Å². The molecule has 0 unspecified atom stereocenters. The fourth-order valence-corrected chi connectivity index (χ4v) is 7.83. The minimum Gasteiger partial charge on any atom is -0.494 e. The predicted molar refractivity (Wildman–Crippen MR) is 123 cm³/mol. The zero-order chi connectivity index (χ0) is 22.9. The maximum Gasteiger partial charge on any atom is 0.274 e. The number of piperidine rings is 2. The zero-order valence-corrected chi connectivity index (χ0v) is 20.2. The van der Waals surface area contributed by atoms with E-state index in [1.807, 2.05) is 13.0 Å². The SMILES string of the molecule is CCOc1ccc2c(c1)CCN1C[C@H]3CCCN(S(=O)(=O)CCCNS(N)(=O)=O)[C@H]3C[C@@H]21. The second-order valence-corrected chi connectivity index (χ2v) is 12.4. The van der Waals surface area contributed by atoms with E-state index in [1.165, 1.54) is 11.1 Å². The van der Waals surface area contributed by atoms with Crippen molar-refractivity contribution in [3.8, 4) is 5.75 Å². The molecule has 11 heteroatoms. The number of nitrogens with two attached hydrogens (primary N) is 1. The average Bonchev–Trinajstić information content (AvgIpc) is 2.74. The quantitative estimate of drug-likeness (QED) is 0.528. The Morgan fingerprint density at radius 2 is 2.03 bits per heavy atom. The molecule has 9 nitrogen and oxygen atoms in total. The lowest BCUT2D eigenvalue weighted by Crippen LogP contribution is -2.57. The fraction of sp³-hybridized carbons (Fsp3) is 0.714. The normalized spacial score (nSPS) is 26.8. The van der Waals surface area contributed by atoms with Crippen LogP contribution in [-0.4, -0.2) is 70.6 Å². The van der Waals surface area contributed by atoms with Crippen molar-refractivity contribution in [2.45, 2.75) is 51.1 Å². The minimum atomic E-state index is -3.81. The predicted octanol–water partition coefficient (Wildman–Crippen LogP) is 0.982. The number of benzene rings is 1. The van der Waals surface area contributed by atoms with Crippen LogP contribution >= 0.6 is 0 Å². The Bertz CT molecular complexity index is 1030. The maximum absolute atomic E-state index is 13.2. The molecule has 3 aliphatic heterocycles. The Kier molecular flexibility index (Phi) is 7.14. The van der Waals surface area contributed by atoms with Crippen LogP contribution in [0.25, 0.3) is 0 Å². The van der Waals surface area contributed by atoms with E-state index in [2.05, 4.69) is 21.8 Å². The molecule has 3 N–H and O–H groups in total. The van der Waals surface area contributed by atoms with Crippen molar-refractivity contribution in [2.75, 3.05) is 38.5 Å². The molecular weight excluding hydrogens is 452 g/mol. The molecule has 0 saturated carbocycles. The van der Waals surface area contributed by atoms with E-state index in [0.29, 0.717) is 19.1 Å². The van der Waals surface area contributed by atoms with Crippen molar-refractivity contribution in [1.29, 1.82) is 0 Å². The Morgan fingerprint density at radius 3 is 2.78 bits per heavy atom. The van der Waals surface area contributed by atoms with Gasteiger partial charge in [-0.2, -0.15) is 12.7 Å². The highest BCUT2D eigenvalue weighted by Gasteiger charge is 2.45. The summed E-state index contributed by atoms with van der Waals surface area (Å²) in [6.07, 6.45) is 3.89. The Labute approximate surface area is 191 Å². The molecule has 0 aromatic heterocycles. The van der Waals surface area contributed by atoms with Gasteiger partial charge in [0.2, 0.25) is 10.0 Å². The molecule has 0 amide bonds. The van der Waals surface area contributed by atoms with Crippen LogP contribution in [0.3, 0.4) is 0 Å². The van der Waals surface area contributed by atoms with Gasteiger partial charge in [-0.3, -0.25) is 4.90 Å². The van der Waals surface area contributed by atoms with Gasteiger partial charge in [-0.05, 0) is 68.2 Å². The Hall–Kier alpha value is -1.24. The van der Waals surface area contributed by atoms with Crippen LogP contribution in [0.5, 0.6) is 5.75 Å². The summed E-state index contributed by atoms with van der Waals surface area (Å²) in [6, 6.07) is 6.51. The van der Waals surface area contributed by atoms with Crippen LogP contribution in [0.1, 0.15) is 49.8 Å². The van der Waals surface area contributed by atoms with Gasteiger partial charge < -0.3 is 4.74 Å². The highest BCUT2D eigenvalue weighted by molar-refractivity contribution is 7.89. The topological polar surface area (TPSA) is 122 Å². The zero-order valence-electron chi connectivity index (χ0n) is 18.6. The van der Waals surface area contributed by atoms with Crippen molar-refractivity contribution < 1.29 is 21.6 Å². The molecule has 1 aromatic carbocycles. The van der Waals surface area contributed by atoms with Gasteiger partial charge in [0.25, 0.3) is 10.2 Å². The molecule has 0 spiro atoms. The maximum atomic E-state index is 13.2. The first-order valence-corrected chi connectivity index (χ1v) is 14.6. The number of sulfonamides is 1. The van der Waals surface area contributed by atoms with Gasteiger partial charge in [0.1, 0.15) is 5.75 Å². The summed E-state index contributed by atoms with van der Waals surface area (Å²) in [5, 5.41) is 4.93. The van der Waals surface area contributed by atoms with Crippen molar-refractivity contribution in [3.05, 3.63) is 29.3 Å². The van der Waals surface area contributed by atoms with Crippen LogP contribution in [-0.2, 0) is 26.7 Å². The van der Waals surface area contributed by atoms with Gasteiger partial charge in [-0.25, -0.2) is 18.3 Å². The van der Waals surface area contributed by atoms with E-state index < -0.39 is 20.2 Å². The molecule has 3 aliphatic rings. The third kappa shape index (κ3) is 5.28. The van der Waals surface area contributed by atoms with Gasteiger partial charge in [0.05, 0.1) is 12.4 Å². The highest BCUT2D eigenvalue weighted by atomic mass is 32.2. The third-order valence-electron chi connectivity index (χ3n) is 6.93. The number of nitrogens with one attached hydrogen (secondary N) is 1. The summed E-state index contributed by atoms with van der Waals surface area (Å²) in [5.74, 6) is 1.14. The second kappa shape index (κ2) is 9.55. The van der Waals surface area contributed by atoms with E-state index in [4.69, 9.17) is 9.88 Å². The molecule has 2 saturated heterocycles. The van der Waals surface area contributed by atoms with Crippen molar-refractivity contribution in [3.63, 3.8) is 0 Å². The molecule has 0 aliphatic carbocycles. The average molecular weight is 487 g/mol. The molecular formula is C21H34N4O5S2. The molecule has 32 heavy (non-hydrogen) atoms. The number of nitrogens with zero attached hydrogens (tertiary/aromatic N) is 2. The molecule has 2 fully saturated rings. The Balaban J connectivity index is 1.49. The summed E-state index contributed by atoms with van der Waals surface area (Å²) in [6.45, 7) is 5.08. The molecule has 3 heterocycles. The number of ether oxygens (including phenoxy) is 1. The third-order valence-corrected chi connectivity index (χ3v) is 9.51. The standard InChI is InChI=1S/C21H34N4O5S2/c1-2-30-18-6-7-19-16(13-18)8-11-24-15-17-5-3-10-25(20(17)14-21(19)24)31(26,27)12-4-9-23-32(22,28)29/h6-7,13,17,20-21,23H,2-5,8-12,14-15H2,1H3,(H2,22,28,29)/t17-,20+,21+/m1/s1. The van der Waals surface area contributed by atoms with Crippen LogP contribution in [0.2, 0.25) is 0 Å². The van der Waals surface area contributed by atoms with Gasteiger partial charge in [0, 0.05) is 38.3 Å². The Morgan fingerprint density at radius 1 is 1.22 bits per heavy atom. The van der Waals surface area contributed by atoms with Crippen LogP contribution < -0.4 is 14.6 Å². The van der Waals surface area contributed by atoms with Gasteiger partial charge in [-0.15, -0.1) is 0 Å². The van der Waals surface area contributed by atoms with E-state index in [9.17, 15) is 16.8 Å². The number of hydrogen-bond acceptors (Lipinski definition) is 6. The summed E-state index contributed by atoms with van der Waals surface area (Å²) >= 11 is 0. The number of fused-ring (bicyclic) bond motifs is 4. The first kappa shape index (κ1) is 23.9. The summed E-state index contributed by atoms with van der Waals surface area (Å²) in [4.78, 5) is 2.52. The molecule has 0 bridgehead atoms. The fourth-order valence-electron chi connectivity index (χ4n) is 5.58. The van der Waals surface area contributed by atoms with Crippen molar-refractivity contribution in [2.24, 2.45) is 11.1 Å². The van der Waals surface area contributed by atoms with E-state index in [1.54, 1.807) is 4.31 Å². The largest absolute Gasteiger partial charge is 0.494 e. The lowest BCUT2D eigenvalue weighted by molar-refractivity contribution is 0.0219. The van der Waals surface area contributed by atoms with Crippen molar-refractivity contribution >= 4 is 20.2 Å². The monoisotopic (exact) mass is 486 g/mol. The first-order chi connectivity index (χ1) is 15.2. The summed E-state index contributed by atoms with van der Waals surface area (Å²) in [5.41, 5.74) is 2.59. The summed E-state index contributed by atoms with van der Waals surface area (Å²) < 4.78 is 58.0. The molecule has 3 atom stereocenters. The lowest BCUT2D eigenvalue weighted by atomic mass is 9.77. The number of rotatable bonds is 8. The second-order valence-electron chi connectivity index (χ2n) is 8.98. The van der Waals surface area contributed by atoms with Crippen molar-refractivity contribution in [1.82, 2.24) is 13.9 Å². The van der Waals surface area contributed by atoms with Crippen LogP contribution in [0.4, 0.5) is 0 Å². The minimum absolute atomic E-state index is 0.0151. The van der Waals surface area contributed by atoms with Gasteiger partial charge >= 0.3 is 0 Å². The van der Waals surface area contributed by atoms with Crippen LogP contribution in [0, 0.1) is 5.92 Å². The van der Waals surface area contributed by atoms with Gasteiger partial charge in [0.15, 0.2) is 0 Å². The molecule has 0 radical (unpaired) electrons. The summed E-state index contributed by atoms with van der Waals surface area (Å²) in [7, 11) is -7.29. The molecule has 4 rings (SSSR count). The number of hydrogen-bond donors (Lipinski definition) is 2. The van der Waals surface area contributed by atoms with E-state index in [0.717, 1.165) is 44.5 Å². The highest BCUT2D eigenvalue weighted by Crippen LogP contribution is 2.44. The van der Waals surface area contributed by atoms with E-state index >= 15 is 0 Å². The van der Waals surface area contributed by atoms with Crippen LogP contribution in [0.15, 0.2) is 18.2 Å². The first-order valence-electron chi connectivity index (χ1n) is 11.4. The smallest absolute Gasteiger partial charge is 0.274 e. The lowest BCUT2D eigenvalue weighted by Gasteiger charge is -2.51. The molecule has 180 valence electrons. The van der Waals surface area contributed by atoms with Gasteiger partial charge in [-0.1, -0.05) is 6.07 Å².